The zero-order valence-corrected chi connectivity index (χ0v) is 22.0. The number of benzene rings is 4. The van der Waals surface area contributed by atoms with Gasteiger partial charge in [-0.25, -0.2) is 0 Å². The minimum Gasteiger partial charge on any atom is -0.452 e. The molecule has 0 amide bonds. The van der Waals surface area contributed by atoms with Crippen LogP contribution >= 0.6 is 11.3 Å². The summed E-state index contributed by atoms with van der Waals surface area (Å²) in [5, 5.41) is 6.89. The Morgan fingerprint density at radius 1 is 0.595 bits per heavy atom. The number of rotatable bonds is 8. The second-order valence-electron chi connectivity index (χ2n) is 10.2. The fourth-order valence-corrected chi connectivity index (χ4v) is 6.70. The lowest BCUT2D eigenvalue weighted by Gasteiger charge is -2.00. The van der Waals surface area contributed by atoms with Crippen LogP contribution < -0.4 is 0 Å². The highest BCUT2D eigenvalue weighted by molar-refractivity contribution is 7.15. The molecule has 3 heteroatoms. The van der Waals surface area contributed by atoms with E-state index in [0.29, 0.717) is 0 Å². The fraction of sp³-hybridized carbons (Fsp3) is 0.235. The molecule has 37 heavy (non-hydrogen) atoms. The van der Waals surface area contributed by atoms with Crippen molar-refractivity contribution in [1.29, 1.82) is 0 Å². The maximum Gasteiger partial charge on any atom is 0.178 e. The van der Waals surface area contributed by atoms with Crippen molar-refractivity contribution in [2.45, 2.75) is 51.9 Å². The van der Waals surface area contributed by atoms with Crippen LogP contribution in [-0.4, -0.2) is 0 Å². The molecule has 0 bridgehead atoms. The Bertz CT molecular complexity index is 1880. The summed E-state index contributed by atoms with van der Waals surface area (Å²) in [7, 11) is 0. The van der Waals surface area contributed by atoms with E-state index in [1.54, 1.807) is 0 Å². The van der Waals surface area contributed by atoms with E-state index in [9.17, 15) is 0 Å². The number of fused-ring (bicyclic) bond motifs is 8. The Morgan fingerprint density at radius 3 is 2.11 bits per heavy atom. The Hall–Kier alpha value is -3.56. The van der Waals surface area contributed by atoms with Gasteiger partial charge in [0.25, 0.3) is 0 Å². The summed E-state index contributed by atoms with van der Waals surface area (Å²) in [4.78, 5) is 2.81. The van der Waals surface area contributed by atoms with Crippen molar-refractivity contribution in [3.63, 3.8) is 0 Å². The van der Waals surface area contributed by atoms with E-state index in [1.807, 2.05) is 11.3 Å². The van der Waals surface area contributed by atoms with Crippen LogP contribution in [0, 0.1) is 0 Å². The normalized spacial score (nSPS) is 12.1. The maximum atomic E-state index is 6.40. The van der Waals surface area contributed by atoms with Gasteiger partial charge in [-0.15, -0.1) is 11.3 Å². The van der Waals surface area contributed by atoms with E-state index < -0.39 is 0 Å². The van der Waals surface area contributed by atoms with Crippen LogP contribution in [0.5, 0.6) is 0 Å². The predicted octanol–water partition coefficient (Wildman–Crippen LogP) is 11.3. The summed E-state index contributed by atoms with van der Waals surface area (Å²) in [6.07, 6.45) is 9.24. The average Bonchev–Trinajstić information content (AvgIpc) is 3.64. The Balaban J connectivity index is 1.23. The van der Waals surface area contributed by atoms with Gasteiger partial charge in [-0.1, -0.05) is 63.3 Å². The van der Waals surface area contributed by atoms with Crippen molar-refractivity contribution in [3.8, 4) is 10.4 Å². The summed E-state index contributed by atoms with van der Waals surface area (Å²) in [6.45, 7) is 2.28. The molecule has 0 radical (unpaired) electrons. The number of hydrogen-bond donors (Lipinski definition) is 0. The minimum absolute atomic E-state index is 0.831. The predicted molar refractivity (Wildman–Crippen MR) is 159 cm³/mol. The number of hydrogen-bond acceptors (Lipinski definition) is 3. The Labute approximate surface area is 220 Å². The van der Waals surface area contributed by atoms with Crippen molar-refractivity contribution in [1.82, 2.24) is 0 Å². The first-order valence-corrected chi connectivity index (χ1v) is 14.4. The monoisotopic (exact) mass is 502 g/mol. The molecule has 3 aromatic heterocycles. The molecule has 184 valence electrons. The molecule has 0 fully saturated rings. The number of furan rings is 2. The van der Waals surface area contributed by atoms with Crippen molar-refractivity contribution in [3.05, 3.63) is 83.7 Å². The van der Waals surface area contributed by atoms with Gasteiger partial charge in [0.15, 0.2) is 11.2 Å². The first-order chi connectivity index (χ1) is 18.3. The third-order valence-electron chi connectivity index (χ3n) is 7.67. The summed E-state index contributed by atoms with van der Waals surface area (Å²) < 4.78 is 12.8. The van der Waals surface area contributed by atoms with E-state index in [1.165, 1.54) is 71.0 Å². The Kier molecular flexibility index (Phi) is 5.74. The third kappa shape index (κ3) is 4.02. The van der Waals surface area contributed by atoms with E-state index in [4.69, 9.17) is 8.83 Å². The van der Waals surface area contributed by atoms with Crippen molar-refractivity contribution in [2.75, 3.05) is 0 Å². The zero-order chi connectivity index (χ0) is 24.8. The smallest absolute Gasteiger partial charge is 0.178 e. The molecule has 3 heterocycles. The highest BCUT2D eigenvalue weighted by Gasteiger charge is 2.17. The molecule has 0 saturated carbocycles. The lowest BCUT2D eigenvalue weighted by Crippen LogP contribution is -1.82. The molecule has 0 atom stereocenters. The molecule has 7 aromatic rings. The molecule has 0 N–H and O–H groups in total. The highest BCUT2D eigenvalue weighted by atomic mass is 32.1. The molecule has 0 unspecified atom stereocenters. The van der Waals surface area contributed by atoms with Gasteiger partial charge >= 0.3 is 0 Å². The largest absolute Gasteiger partial charge is 0.452 e. The van der Waals surface area contributed by atoms with Crippen LogP contribution in [0.2, 0.25) is 0 Å². The summed E-state index contributed by atoms with van der Waals surface area (Å²) in [6, 6.07) is 28.3. The van der Waals surface area contributed by atoms with Crippen LogP contribution in [0.3, 0.4) is 0 Å². The van der Waals surface area contributed by atoms with Crippen molar-refractivity contribution >= 4 is 66.0 Å². The summed E-state index contributed by atoms with van der Waals surface area (Å²) in [5.41, 5.74) is 4.72. The zero-order valence-electron chi connectivity index (χ0n) is 21.2. The van der Waals surface area contributed by atoms with Gasteiger partial charge in [0.2, 0.25) is 0 Å². The highest BCUT2D eigenvalue weighted by Crippen LogP contribution is 2.41. The van der Waals surface area contributed by atoms with Gasteiger partial charge in [0, 0.05) is 31.3 Å². The topological polar surface area (TPSA) is 26.3 Å². The van der Waals surface area contributed by atoms with Gasteiger partial charge in [0.05, 0.1) is 0 Å². The van der Waals surface area contributed by atoms with E-state index >= 15 is 0 Å². The van der Waals surface area contributed by atoms with E-state index in [2.05, 4.69) is 85.8 Å². The average molecular weight is 503 g/mol. The fourth-order valence-electron chi connectivity index (χ4n) is 5.65. The second kappa shape index (κ2) is 9.39. The molecular formula is C34H30O2S. The number of unbranched alkanes of at least 4 members (excludes halogenated alkanes) is 5. The molecule has 0 saturated heterocycles. The summed E-state index contributed by atoms with van der Waals surface area (Å²) in [5.74, 6) is 0. The lowest BCUT2D eigenvalue weighted by atomic mass is 10.0. The quantitative estimate of drug-likeness (QED) is 0.193. The molecule has 2 nitrogen and oxygen atoms in total. The van der Waals surface area contributed by atoms with Gasteiger partial charge < -0.3 is 8.83 Å². The first-order valence-electron chi connectivity index (χ1n) is 13.6. The molecule has 7 rings (SSSR count). The summed E-state index contributed by atoms with van der Waals surface area (Å²) >= 11 is 1.93. The van der Waals surface area contributed by atoms with E-state index in [0.717, 1.165) is 43.9 Å². The molecule has 0 aliphatic heterocycles. The first kappa shape index (κ1) is 22.6. The van der Waals surface area contributed by atoms with Crippen LogP contribution in [0.15, 0.2) is 87.7 Å². The third-order valence-corrected chi connectivity index (χ3v) is 8.86. The van der Waals surface area contributed by atoms with Crippen molar-refractivity contribution < 1.29 is 8.83 Å². The minimum atomic E-state index is 0.831. The Morgan fingerprint density at radius 2 is 1.30 bits per heavy atom. The van der Waals surface area contributed by atoms with Crippen LogP contribution in [0.1, 0.15) is 50.3 Å². The number of aryl methyl sites for hydroxylation is 1. The van der Waals surface area contributed by atoms with Crippen LogP contribution in [0.25, 0.3) is 65.1 Å². The molecule has 0 aliphatic rings. The second-order valence-corrected chi connectivity index (χ2v) is 11.4. The van der Waals surface area contributed by atoms with Gasteiger partial charge in [0.1, 0.15) is 11.2 Å². The molecule has 0 aliphatic carbocycles. The van der Waals surface area contributed by atoms with Gasteiger partial charge in [-0.3, -0.25) is 0 Å². The van der Waals surface area contributed by atoms with E-state index in [-0.39, 0.29) is 0 Å². The van der Waals surface area contributed by atoms with Crippen LogP contribution in [-0.2, 0) is 6.42 Å². The standard InChI is InChI=1S/C34H30O2S/c1-2-3-4-5-6-7-12-25-14-18-32(37-25)24-13-17-30-28(20-24)26-15-16-27-29-19-22-10-8-9-11-23(22)21-31(29)36-34(27)33(26)35-30/h8-11,13-21H,2-7,12H2,1H3. The van der Waals surface area contributed by atoms with Crippen molar-refractivity contribution in [2.24, 2.45) is 0 Å². The molecule has 4 aromatic carbocycles. The molecular weight excluding hydrogens is 472 g/mol. The lowest BCUT2D eigenvalue weighted by molar-refractivity contribution is 0.609. The SMILES string of the molecule is CCCCCCCCc1ccc(-c2ccc3oc4c(ccc5c6cc7ccccc7cc6oc54)c3c2)s1. The van der Waals surface area contributed by atoms with Gasteiger partial charge in [-0.05, 0) is 83.8 Å². The maximum absolute atomic E-state index is 6.40. The van der Waals surface area contributed by atoms with Gasteiger partial charge in [-0.2, -0.15) is 0 Å². The molecule has 0 spiro atoms. The number of thiophene rings is 1. The van der Waals surface area contributed by atoms with Crippen LogP contribution in [0.4, 0.5) is 0 Å².